The molecule has 228 valence electrons. The van der Waals surface area contributed by atoms with Gasteiger partial charge in [0.05, 0.1) is 31.4 Å². The molecule has 1 heterocycles. The molecule has 0 spiro atoms. The van der Waals surface area contributed by atoms with E-state index in [0.717, 1.165) is 10.5 Å². The highest BCUT2D eigenvalue weighted by Gasteiger charge is 2.42. The number of anilines is 1. The number of ether oxygens (including phenoxy) is 2. The molecule has 1 unspecified atom stereocenters. The Labute approximate surface area is 241 Å². The molecule has 4 N–H and O–H groups in total. The number of benzene rings is 2. The van der Waals surface area contributed by atoms with Crippen molar-refractivity contribution in [3.63, 3.8) is 0 Å². The van der Waals surface area contributed by atoms with E-state index >= 15 is 0 Å². The molecule has 4 amide bonds. The first-order chi connectivity index (χ1) is 20.1. The highest BCUT2D eigenvalue weighted by atomic mass is 19.3. The predicted molar refractivity (Wildman–Crippen MR) is 147 cm³/mol. The SMILES string of the molecule is COCC(c1ccc(O)c(NC(=O)[C@@H](NC(=O)OCc2ccccc2)C2CCC(F)CC2)c1)N1CC(F)(F)CNC1=O. The monoisotopic (exact) mass is 592 g/mol. The number of nitrogens with one attached hydrogen (secondary N) is 3. The average molecular weight is 593 g/mol. The van der Waals surface area contributed by atoms with Gasteiger partial charge in [-0.3, -0.25) is 4.79 Å². The Morgan fingerprint density at radius 1 is 1.14 bits per heavy atom. The number of hydrogen-bond acceptors (Lipinski definition) is 6. The fourth-order valence-corrected chi connectivity index (χ4v) is 5.23. The lowest BCUT2D eigenvalue weighted by Crippen LogP contribution is -2.58. The normalized spacial score (nSPS) is 21.5. The van der Waals surface area contributed by atoms with E-state index in [4.69, 9.17) is 9.47 Å². The van der Waals surface area contributed by atoms with Gasteiger partial charge in [-0.05, 0) is 54.9 Å². The Kier molecular flexibility index (Phi) is 10.2. The lowest BCUT2D eigenvalue weighted by Gasteiger charge is -2.38. The molecule has 1 aliphatic heterocycles. The predicted octanol–water partition coefficient (Wildman–Crippen LogP) is 4.50. The highest BCUT2D eigenvalue weighted by Crippen LogP contribution is 2.34. The van der Waals surface area contributed by atoms with Gasteiger partial charge in [0, 0.05) is 7.11 Å². The van der Waals surface area contributed by atoms with Crippen LogP contribution in [0.15, 0.2) is 48.5 Å². The van der Waals surface area contributed by atoms with Gasteiger partial charge in [0.2, 0.25) is 5.91 Å². The van der Waals surface area contributed by atoms with Crippen LogP contribution in [0.3, 0.4) is 0 Å². The molecule has 42 heavy (non-hydrogen) atoms. The number of carbonyl (C=O) groups is 3. The van der Waals surface area contributed by atoms with Gasteiger partial charge in [0.25, 0.3) is 5.92 Å². The molecule has 1 aliphatic carbocycles. The number of aromatic hydroxyl groups is 1. The first-order valence-electron chi connectivity index (χ1n) is 13.7. The van der Waals surface area contributed by atoms with Gasteiger partial charge in [-0.25, -0.2) is 22.8 Å². The van der Waals surface area contributed by atoms with Crippen molar-refractivity contribution in [1.29, 1.82) is 0 Å². The largest absolute Gasteiger partial charge is 0.506 e. The molecule has 0 aromatic heterocycles. The molecule has 13 heteroatoms. The topological polar surface area (TPSA) is 129 Å². The number of alkyl carbamates (subject to hydrolysis) is 1. The Hall–Kier alpha value is -4.00. The van der Waals surface area contributed by atoms with Crippen LogP contribution in [0.4, 0.5) is 28.4 Å². The van der Waals surface area contributed by atoms with E-state index in [9.17, 15) is 32.7 Å². The minimum atomic E-state index is -3.17. The number of phenolic OH excluding ortho intramolecular Hbond substituents is 1. The third-order valence-corrected chi connectivity index (χ3v) is 7.47. The number of phenols is 1. The molecule has 0 radical (unpaired) electrons. The fraction of sp³-hybridized carbons (Fsp3) is 0.483. The van der Waals surface area contributed by atoms with Crippen molar-refractivity contribution in [1.82, 2.24) is 15.5 Å². The van der Waals surface area contributed by atoms with Crippen LogP contribution < -0.4 is 16.0 Å². The molecule has 1 saturated heterocycles. The van der Waals surface area contributed by atoms with Gasteiger partial charge in [0.1, 0.15) is 24.6 Å². The number of urea groups is 1. The van der Waals surface area contributed by atoms with Crippen LogP contribution in [-0.2, 0) is 20.9 Å². The summed E-state index contributed by atoms with van der Waals surface area (Å²) in [6.07, 6.45) is -0.671. The highest BCUT2D eigenvalue weighted by molar-refractivity contribution is 5.98. The Balaban J connectivity index is 1.52. The van der Waals surface area contributed by atoms with E-state index in [0.29, 0.717) is 18.4 Å². The number of halogens is 3. The van der Waals surface area contributed by atoms with Crippen LogP contribution >= 0.6 is 0 Å². The zero-order chi connectivity index (χ0) is 30.3. The summed E-state index contributed by atoms with van der Waals surface area (Å²) in [6.45, 7) is -1.79. The molecular weight excluding hydrogens is 557 g/mol. The third kappa shape index (κ3) is 8.05. The Morgan fingerprint density at radius 3 is 2.55 bits per heavy atom. The van der Waals surface area contributed by atoms with Crippen LogP contribution in [0.5, 0.6) is 5.75 Å². The first kappa shape index (κ1) is 30.9. The quantitative estimate of drug-likeness (QED) is 0.301. The number of amides is 4. The lowest BCUT2D eigenvalue weighted by atomic mass is 9.82. The smallest absolute Gasteiger partial charge is 0.408 e. The van der Waals surface area contributed by atoms with Gasteiger partial charge >= 0.3 is 12.1 Å². The molecule has 10 nitrogen and oxygen atoms in total. The number of carbonyl (C=O) groups excluding carboxylic acids is 3. The lowest BCUT2D eigenvalue weighted by molar-refractivity contribution is -0.119. The maximum absolute atomic E-state index is 14.1. The number of hydrogen-bond donors (Lipinski definition) is 4. The molecule has 1 saturated carbocycles. The van der Waals surface area contributed by atoms with Gasteiger partial charge < -0.3 is 35.4 Å². The fourth-order valence-electron chi connectivity index (χ4n) is 5.23. The van der Waals surface area contributed by atoms with Crippen LogP contribution in [0.1, 0.15) is 42.9 Å². The van der Waals surface area contributed by atoms with Crippen molar-refractivity contribution in [2.45, 2.75) is 56.5 Å². The molecule has 2 aromatic rings. The van der Waals surface area contributed by atoms with Gasteiger partial charge in [0.15, 0.2) is 0 Å². The maximum Gasteiger partial charge on any atom is 0.408 e. The van der Waals surface area contributed by atoms with E-state index in [1.54, 1.807) is 24.3 Å². The summed E-state index contributed by atoms with van der Waals surface area (Å²) in [6, 6.07) is 10.3. The van der Waals surface area contributed by atoms with Crippen molar-refractivity contribution in [2.75, 3.05) is 32.1 Å². The Morgan fingerprint density at radius 2 is 1.86 bits per heavy atom. The molecule has 4 rings (SSSR count). The van der Waals surface area contributed by atoms with E-state index in [1.807, 2.05) is 6.07 Å². The molecule has 2 atom stereocenters. The summed E-state index contributed by atoms with van der Waals surface area (Å²) in [5.74, 6) is -4.56. The zero-order valence-corrected chi connectivity index (χ0v) is 23.2. The summed E-state index contributed by atoms with van der Waals surface area (Å²) in [5, 5.41) is 17.9. The Bertz CT molecular complexity index is 1240. The van der Waals surface area contributed by atoms with Crippen LogP contribution in [0, 0.1) is 5.92 Å². The summed E-state index contributed by atoms with van der Waals surface area (Å²) >= 11 is 0. The molecule has 2 aromatic carbocycles. The van der Waals surface area contributed by atoms with Crippen molar-refractivity contribution in [3.8, 4) is 5.75 Å². The average Bonchev–Trinajstić information content (AvgIpc) is 2.97. The van der Waals surface area contributed by atoms with Crippen molar-refractivity contribution in [3.05, 3.63) is 59.7 Å². The number of nitrogens with zero attached hydrogens (tertiary/aromatic N) is 1. The van der Waals surface area contributed by atoms with Crippen molar-refractivity contribution in [2.24, 2.45) is 5.92 Å². The standard InChI is InChI=1S/C29H35F3N4O6/c1-41-15-23(36-17-29(31,32)16-33-27(36)39)20-9-12-24(37)22(13-20)34-26(38)25(19-7-10-21(30)11-8-19)35-28(40)42-14-18-5-3-2-4-6-18/h2-6,9,12-13,19,21,23,25,37H,7-8,10-11,14-17H2,1H3,(H,33,39)(H,34,38)(H,35,40)/t19?,21?,23?,25-/m0/s1. The van der Waals surface area contributed by atoms with Gasteiger partial charge in [-0.15, -0.1) is 0 Å². The second-order valence-electron chi connectivity index (χ2n) is 10.6. The minimum Gasteiger partial charge on any atom is -0.506 e. The summed E-state index contributed by atoms with van der Waals surface area (Å²) in [4.78, 5) is 39.6. The zero-order valence-electron chi connectivity index (χ0n) is 23.2. The van der Waals surface area contributed by atoms with Crippen molar-refractivity contribution >= 4 is 23.7 Å². The van der Waals surface area contributed by atoms with E-state index < -0.39 is 61.2 Å². The second kappa shape index (κ2) is 13.8. The first-order valence-corrected chi connectivity index (χ1v) is 13.7. The maximum atomic E-state index is 14.1. The van der Waals surface area contributed by atoms with Crippen LogP contribution in [-0.4, -0.2) is 73.0 Å². The second-order valence-corrected chi connectivity index (χ2v) is 10.6. The van der Waals surface area contributed by atoms with Crippen molar-refractivity contribution < 1.29 is 42.1 Å². The summed E-state index contributed by atoms with van der Waals surface area (Å²) in [5.41, 5.74) is 1.01. The molecule has 2 aliphatic rings. The number of rotatable bonds is 10. The molecule has 2 fully saturated rings. The third-order valence-electron chi connectivity index (χ3n) is 7.47. The van der Waals surface area contributed by atoms with Crippen LogP contribution in [0.25, 0.3) is 0 Å². The van der Waals surface area contributed by atoms with Gasteiger partial charge in [-0.2, -0.15) is 0 Å². The molecule has 0 bridgehead atoms. The van der Waals surface area contributed by atoms with E-state index in [2.05, 4.69) is 16.0 Å². The number of alkyl halides is 3. The van der Waals surface area contributed by atoms with E-state index in [-0.39, 0.29) is 37.5 Å². The van der Waals surface area contributed by atoms with E-state index in [1.165, 1.54) is 25.3 Å². The summed E-state index contributed by atoms with van der Waals surface area (Å²) < 4.78 is 52.6. The minimum absolute atomic E-state index is 0.0227. The number of methoxy groups -OCH3 is 1. The van der Waals surface area contributed by atoms with Crippen LogP contribution in [0.2, 0.25) is 0 Å². The summed E-state index contributed by atoms with van der Waals surface area (Å²) in [7, 11) is 1.36. The molecular formula is C29H35F3N4O6. The van der Waals surface area contributed by atoms with Gasteiger partial charge in [-0.1, -0.05) is 36.4 Å².